The number of pyridine rings is 1. The topological polar surface area (TPSA) is 94.4 Å². The zero-order chi connectivity index (χ0) is 22.4. The first-order chi connectivity index (χ1) is 14.8. The molecule has 2 heterocycles. The predicted octanol–water partition coefficient (Wildman–Crippen LogP) is 2.81. The van der Waals surface area contributed by atoms with Crippen molar-refractivity contribution in [1.82, 2.24) is 14.2 Å². The Kier molecular flexibility index (Phi) is 7.49. The number of carbonyl (C=O) groups is 1. The van der Waals surface area contributed by atoms with Gasteiger partial charge < -0.3 is 4.90 Å². The molecule has 0 unspecified atom stereocenters. The van der Waals surface area contributed by atoms with Gasteiger partial charge in [-0.3, -0.25) is 4.79 Å². The molecule has 0 aliphatic carbocycles. The van der Waals surface area contributed by atoms with Crippen molar-refractivity contribution in [2.24, 2.45) is 0 Å². The van der Waals surface area contributed by atoms with Gasteiger partial charge in [-0.2, -0.15) is 9.57 Å². The Labute approximate surface area is 187 Å². The summed E-state index contributed by atoms with van der Waals surface area (Å²) in [5.74, 6) is 0.0670. The van der Waals surface area contributed by atoms with E-state index in [1.165, 1.54) is 21.5 Å². The van der Waals surface area contributed by atoms with Gasteiger partial charge in [-0.25, -0.2) is 13.4 Å². The van der Waals surface area contributed by atoms with Crippen LogP contribution in [0.25, 0.3) is 6.08 Å². The van der Waals surface area contributed by atoms with Crippen LogP contribution in [0.2, 0.25) is 0 Å². The number of thioether (sulfide) groups is 1. The second-order valence-corrected chi connectivity index (χ2v) is 9.98. The first-order valence-corrected chi connectivity index (χ1v) is 12.3. The summed E-state index contributed by atoms with van der Waals surface area (Å²) in [6.07, 6.45) is 1.58. The van der Waals surface area contributed by atoms with E-state index in [9.17, 15) is 18.5 Å². The number of aryl methyl sites for hydroxylation is 2. The van der Waals surface area contributed by atoms with Gasteiger partial charge in [0.1, 0.15) is 11.1 Å². The molecule has 0 radical (unpaired) electrons. The molecule has 1 amide bonds. The van der Waals surface area contributed by atoms with Crippen molar-refractivity contribution in [3.05, 3.63) is 64.2 Å². The predicted molar refractivity (Wildman–Crippen MR) is 122 cm³/mol. The van der Waals surface area contributed by atoms with E-state index in [2.05, 4.69) is 11.1 Å². The highest BCUT2D eigenvalue weighted by molar-refractivity contribution is 8.00. The maximum absolute atomic E-state index is 12.6. The van der Waals surface area contributed by atoms with Crippen LogP contribution in [0.1, 0.15) is 22.4 Å². The number of hydrogen-bond donors (Lipinski definition) is 0. The Bertz CT molecular complexity index is 1120. The van der Waals surface area contributed by atoms with Crippen molar-refractivity contribution in [1.29, 1.82) is 5.26 Å². The van der Waals surface area contributed by atoms with Gasteiger partial charge >= 0.3 is 0 Å². The first-order valence-electron chi connectivity index (χ1n) is 9.82. The molecule has 1 aliphatic rings. The zero-order valence-corrected chi connectivity index (χ0v) is 19.1. The lowest BCUT2D eigenvalue weighted by atomic mass is 10.1. The minimum absolute atomic E-state index is 0.0910. The Morgan fingerprint density at radius 3 is 2.52 bits per heavy atom. The molecular formula is C22H24N4O3S2. The van der Waals surface area contributed by atoms with Crippen LogP contribution in [-0.2, 0) is 14.8 Å². The molecule has 1 saturated heterocycles. The third-order valence-corrected chi connectivity index (χ3v) is 7.46. The standard InChI is InChI=1S/C22H24N4O3S2/c1-17-14-18(2)24-22(20(17)15-23)30-16-21(27)25-9-11-26(12-10-25)31(28,29)13-8-19-6-4-3-5-7-19/h3-8,13-14H,9-12,16H2,1-2H3/b13-8+. The number of hydrogen-bond acceptors (Lipinski definition) is 6. The number of benzene rings is 1. The van der Waals surface area contributed by atoms with Gasteiger partial charge in [-0.15, -0.1) is 0 Å². The average molecular weight is 457 g/mol. The quantitative estimate of drug-likeness (QED) is 0.621. The van der Waals surface area contributed by atoms with Crippen LogP contribution in [0.5, 0.6) is 0 Å². The second kappa shape index (κ2) is 10.1. The van der Waals surface area contributed by atoms with E-state index in [0.29, 0.717) is 23.7 Å². The van der Waals surface area contributed by atoms with Gasteiger partial charge in [0.2, 0.25) is 15.9 Å². The lowest BCUT2D eigenvalue weighted by Gasteiger charge is -2.33. The van der Waals surface area contributed by atoms with Crippen molar-refractivity contribution in [3.63, 3.8) is 0 Å². The van der Waals surface area contributed by atoms with E-state index in [0.717, 1.165) is 16.8 Å². The summed E-state index contributed by atoms with van der Waals surface area (Å²) in [6, 6.07) is 13.2. The van der Waals surface area contributed by atoms with Crippen LogP contribution in [0, 0.1) is 25.2 Å². The fourth-order valence-corrected chi connectivity index (χ4v) is 5.45. The largest absolute Gasteiger partial charge is 0.339 e. The van der Waals surface area contributed by atoms with Crippen LogP contribution in [0.3, 0.4) is 0 Å². The number of nitrogens with zero attached hydrogens (tertiary/aromatic N) is 4. The number of rotatable bonds is 6. The number of carbonyl (C=O) groups excluding carboxylic acids is 1. The second-order valence-electron chi connectivity index (χ2n) is 7.20. The summed E-state index contributed by atoms with van der Waals surface area (Å²) in [5, 5.41) is 11.1. The lowest BCUT2D eigenvalue weighted by Crippen LogP contribution is -2.50. The fourth-order valence-electron chi connectivity index (χ4n) is 3.27. The van der Waals surface area contributed by atoms with E-state index < -0.39 is 10.0 Å². The third kappa shape index (κ3) is 5.94. The molecule has 1 aromatic carbocycles. The van der Waals surface area contributed by atoms with Crippen LogP contribution in [-0.4, -0.2) is 60.4 Å². The number of nitriles is 1. The highest BCUT2D eigenvalue weighted by Crippen LogP contribution is 2.24. The van der Waals surface area contributed by atoms with Crippen LogP contribution >= 0.6 is 11.8 Å². The maximum Gasteiger partial charge on any atom is 0.236 e. The molecule has 31 heavy (non-hydrogen) atoms. The zero-order valence-electron chi connectivity index (χ0n) is 17.5. The molecule has 7 nitrogen and oxygen atoms in total. The molecule has 0 saturated carbocycles. The molecule has 3 rings (SSSR count). The minimum Gasteiger partial charge on any atom is -0.339 e. The van der Waals surface area contributed by atoms with Crippen molar-refractivity contribution in [2.75, 3.05) is 31.9 Å². The molecule has 162 valence electrons. The number of sulfonamides is 1. The summed E-state index contributed by atoms with van der Waals surface area (Å²) in [5.41, 5.74) is 2.94. The lowest BCUT2D eigenvalue weighted by molar-refractivity contribution is -0.129. The Hall–Kier alpha value is -2.67. The Balaban J connectivity index is 1.55. The molecule has 1 fully saturated rings. The number of piperazine rings is 1. The SMILES string of the molecule is Cc1cc(C)c(C#N)c(SCC(=O)N2CCN(S(=O)(=O)/C=C/c3ccccc3)CC2)n1. The van der Waals surface area contributed by atoms with Gasteiger partial charge in [0.25, 0.3) is 0 Å². The highest BCUT2D eigenvalue weighted by atomic mass is 32.2. The summed E-state index contributed by atoms with van der Waals surface area (Å²) in [4.78, 5) is 18.7. The van der Waals surface area contributed by atoms with E-state index in [4.69, 9.17) is 0 Å². The monoisotopic (exact) mass is 456 g/mol. The molecule has 9 heteroatoms. The maximum atomic E-state index is 12.6. The molecule has 0 bridgehead atoms. The Morgan fingerprint density at radius 1 is 1.19 bits per heavy atom. The smallest absolute Gasteiger partial charge is 0.236 e. The van der Waals surface area contributed by atoms with Crippen molar-refractivity contribution >= 4 is 33.8 Å². The van der Waals surface area contributed by atoms with Gasteiger partial charge in [-0.05, 0) is 37.1 Å². The average Bonchev–Trinajstić information content (AvgIpc) is 2.76. The van der Waals surface area contributed by atoms with Gasteiger partial charge in [0, 0.05) is 37.3 Å². The van der Waals surface area contributed by atoms with E-state index in [-0.39, 0.29) is 24.7 Å². The fraction of sp³-hybridized carbons (Fsp3) is 0.318. The Morgan fingerprint density at radius 2 is 1.87 bits per heavy atom. The van der Waals surface area contributed by atoms with E-state index in [1.807, 2.05) is 50.2 Å². The number of amides is 1. The summed E-state index contributed by atoms with van der Waals surface area (Å²) in [6.45, 7) is 4.88. The molecule has 0 N–H and O–H groups in total. The summed E-state index contributed by atoms with van der Waals surface area (Å²) in [7, 11) is -3.54. The highest BCUT2D eigenvalue weighted by Gasteiger charge is 2.27. The van der Waals surface area contributed by atoms with Crippen molar-refractivity contribution < 1.29 is 13.2 Å². The first kappa shape index (κ1) is 23.0. The van der Waals surface area contributed by atoms with Crippen LogP contribution in [0.15, 0.2) is 46.8 Å². The summed E-state index contributed by atoms with van der Waals surface area (Å²) < 4.78 is 26.5. The minimum atomic E-state index is -3.54. The van der Waals surface area contributed by atoms with Gasteiger partial charge in [0.15, 0.2) is 0 Å². The molecule has 2 aromatic rings. The van der Waals surface area contributed by atoms with Gasteiger partial charge in [0.05, 0.1) is 11.3 Å². The van der Waals surface area contributed by atoms with Crippen LogP contribution in [0.4, 0.5) is 0 Å². The molecular weight excluding hydrogens is 432 g/mol. The molecule has 1 aliphatic heterocycles. The van der Waals surface area contributed by atoms with E-state index in [1.54, 1.807) is 11.0 Å². The molecule has 0 spiro atoms. The van der Waals surface area contributed by atoms with Crippen LogP contribution < -0.4 is 0 Å². The van der Waals surface area contributed by atoms with Gasteiger partial charge in [-0.1, -0.05) is 42.1 Å². The molecule has 0 atom stereocenters. The third-order valence-electron chi connectivity index (χ3n) is 4.94. The summed E-state index contributed by atoms with van der Waals surface area (Å²) >= 11 is 1.25. The van der Waals surface area contributed by atoms with E-state index >= 15 is 0 Å². The molecule has 1 aromatic heterocycles. The number of aromatic nitrogens is 1. The van der Waals surface area contributed by atoms with Crippen molar-refractivity contribution in [2.45, 2.75) is 18.9 Å². The normalized spacial score (nSPS) is 15.2. The van der Waals surface area contributed by atoms with Crippen molar-refractivity contribution in [3.8, 4) is 6.07 Å².